The molecule has 4 nitrogen and oxygen atoms in total. The van der Waals surface area contributed by atoms with Crippen molar-refractivity contribution in [1.82, 2.24) is 4.98 Å². The van der Waals surface area contributed by atoms with Gasteiger partial charge in [0.15, 0.2) is 0 Å². The van der Waals surface area contributed by atoms with Crippen LogP contribution in [-0.4, -0.2) is 4.98 Å². The fourth-order valence-electron chi connectivity index (χ4n) is 1.09. The molecular weight excluding hydrogens is 273 g/mol. The molecule has 0 aliphatic heterocycles. The molecule has 1 heterocycles. The van der Waals surface area contributed by atoms with Crippen molar-refractivity contribution < 1.29 is 4.42 Å². The average Bonchev–Trinajstić information content (AvgIpc) is 2.08. The number of hydrogen-bond acceptors (Lipinski definition) is 3. The molecule has 72 valence electrons. The molecule has 14 heavy (non-hydrogen) atoms. The number of hydrogen-bond donors (Lipinski definition) is 1. The lowest BCUT2D eigenvalue weighted by molar-refractivity contribution is 0.460. The van der Waals surface area contributed by atoms with Crippen LogP contribution in [0.1, 0.15) is 0 Å². The summed E-state index contributed by atoms with van der Waals surface area (Å²) in [6.07, 6.45) is 0. The fourth-order valence-corrected chi connectivity index (χ4v) is 1.60. The predicted octanol–water partition coefficient (Wildman–Crippen LogP) is 1.90. The second kappa shape index (κ2) is 3.25. The summed E-state index contributed by atoms with van der Waals surface area (Å²) in [5.41, 5.74) is -0.319. The van der Waals surface area contributed by atoms with E-state index in [0.717, 1.165) is 0 Å². The van der Waals surface area contributed by atoms with E-state index in [1.165, 1.54) is 12.1 Å². The van der Waals surface area contributed by atoms with Crippen molar-refractivity contribution in [2.75, 3.05) is 0 Å². The highest BCUT2D eigenvalue weighted by atomic mass is 79.9. The number of aromatic nitrogens is 1. The number of nitrogens with one attached hydrogen (secondary N) is 1. The van der Waals surface area contributed by atoms with Gasteiger partial charge in [0.1, 0.15) is 0 Å². The quantitative estimate of drug-likeness (QED) is 0.799. The number of fused-ring (bicyclic) bond motifs is 1. The Bertz CT molecular complexity index is 616. The first-order valence-corrected chi connectivity index (χ1v) is 4.77. The fraction of sp³-hybridized carbons (Fsp3) is 0. The minimum absolute atomic E-state index is 0.279. The van der Waals surface area contributed by atoms with E-state index in [4.69, 9.17) is 11.6 Å². The molecule has 2 aromatic rings. The number of rotatable bonds is 0. The van der Waals surface area contributed by atoms with Gasteiger partial charge in [-0.2, -0.15) is 0 Å². The smallest absolute Gasteiger partial charge is 0.372 e. The predicted molar refractivity (Wildman–Crippen MR) is 55.8 cm³/mol. The van der Waals surface area contributed by atoms with Crippen molar-refractivity contribution in [2.24, 2.45) is 0 Å². The van der Waals surface area contributed by atoms with Crippen molar-refractivity contribution in [3.8, 4) is 0 Å². The molecule has 1 aromatic carbocycles. The molecule has 0 radical (unpaired) electrons. The molecule has 0 amide bonds. The van der Waals surface area contributed by atoms with Gasteiger partial charge in [0.25, 0.3) is 0 Å². The van der Waals surface area contributed by atoms with Crippen LogP contribution in [0.25, 0.3) is 10.9 Å². The molecule has 0 spiro atoms. The van der Waals surface area contributed by atoms with Crippen LogP contribution in [0.3, 0.4) is 0 Å². The third-order valence-corrected chi connectivity index (χ3v) is 2.90. The normalized spacial score (nSPS) is 10.7. The van der Waals surface area contributed by atoms with E-state index in [2.05, 4.69) is 25.3 Å². The van der Waals surface area contributed by atoms with Gasteiger partial charge in [-0.15, -0.1) is 0 Å². The minimum Gasteiger partial charge on any atom is -0.372 e. The Labute approximate surface area is 90.6 Å². The molecule has 0 atom stereocenters. The number of halogens is 2. The first-order chi connectivity index (χ1) is 6.58. The Hall–Kier alpha value is -1.07. The highest BCUT2D eigenvalue weighted by Crippen LogP contribution is 2.25. The van der Waals surface area contributed by atoms with Gasteiger partial charge in [0.2, 0.25) is 0 Å². The standard InChI is InChI=1S/C8H3BrClNO3/c9-4-1-3-6(2-5(4)10)11-8(13)14-7(3)12/h1-2H,(H,11,13). The summed E-state index contributed by atoms with van der Waals surface area (Å²) in [6.45, 7) is 0. The third kappa shape index (κ3) is 1.49. The molecule has 0 saturated carbocycles. The van der Waals surface area contributed by atoms with E-state index in [0.29, 0.717) is 15.0 Å². The lowest BCUT2D eigenvalue weighted by Crippen LogP contribution is -2.14. The zero-order chi connectivity index (χ0) is 10.3. The Morgan fingerprint density at radius 1 is 1.36 bits per heavy atom. The van der Waals surface area contributed by atoms with Gasteiger partial charge in [-0.05, 0) is 28.1 Å². The molecule has 0 fully saturated rings. The van der Waals surface area contributed by atoms with Gasteiger partial charge in [-0.1, -0.05) is 11.6 Å². The molecule has 0 aliphatic rings. The molecule has 0 saturated heterocycles. The first-order valence-electron chi connectivity index (χ1n) is 3.60. The number of H-pyrrole nitrogens is 1. The zero-order valence-corrected chi connectivity index (χ0v) is 8.98. The van der Waals surface area contributed by atoms with Gasteiger partial charge in [-0.25, -0.2) is 9.59 Å². The van der Waals surface area contributed by atoms with E-state index < -0.39 is 11.4 Å². The molecule has 0 aliphatic carbocycles. The van der Waals surface area contributed by atoms with E-state index in [1.807, 2.05) is 0 Å². The largest absolute Gasteiger partial charge is 0.419 e. The molecule has 2 rings (SSSR count). The molecule has 1 N–H and O–H groups in total. The molecule has 0 bridgehead atoms. The lowest BCUT2D eigenvalue weighted by Gasteiger charge is -1.98. The second-order valence-electron chi connectivity index (χ2n) is 2.61. The molecule has 6 heteroatoms. The highest BCUT2D eigenvalue weighted by molar-refractivity contribution is 9.10. The summed E-state index contributed by atoms with van der Waals surface area (Å²) in [5, 5.41) is 0.694. The second-order valence-corrected chi connectivity index (χ2v) is 3.88. The highest BCUT2D eigenvalue weighted by Gasteiger charge is 2.06. The monoisotopic (exact) mass is 275 g/mol. The van der Waals surface area contributed by atoms with Crippen LogP contribution in [0.4, 0.5) is 0 Å². The van der Waals surface area contributed by atoms with E-state index in [9.17, 15) is 9.59 Å². The van der Waals surface area contributed by atoms with Crippen LogP contribution in [-0.2, 0) is 0 Å². The summed E-state index contributed by atoms with van der Waals surface area (Å²) in [5.74, 6) is -0.791. The summed E-state index contributed by atoms with van der Waals surface area (Å²) in [4.78, 5) is 24.4. The van der Waals surface area contributed by atoms with Gasteiger partial charge in [0.05, 0.1) is 15.9 Å². The summed E-state index contributed by atoms with van der Waals surface area (Å²) in [6, 6.07) is 2.98. The van der Waals surface area contributed by atoms with Crippen molar-refractivity contribution >= 4 is 38.4 Å². The summed E-state index contributed by atoms with van der Waals surface area (Å²) < 4.78 is 4.93. The summed E-state index contributed by atoms with van der Waals surface area (Å²) >= 11 is 8.96. The lowest BCUT2D eigenvalue weighted by atomic mass is 10.2. The topological polar surface area (TPSA) is 63.1 Å². The Balaban J connectivity index is 3.03. The van der Waals surface area contributed by atoms with E-state index >= 15 is 0 Å². The van der Waals surface area contributed by atoms with Gasteiger partial charge in [0, 0.05) is 4.47 Å². The SMILES string of the molecule is O=c1[nH]c2cc(Cl)c(Br)cc2c(=O)o1. The van der Waals surface area contributed by atoms with Crippen LogP contribution in [0, 0.1) is 0 Å². The molecular formula is C8H3BrClNO3. The molecule has 1 aromatic heterocycles. The van der Waals surface area contributed by atoms with Gasteiger partial charge >= 0.3 is 11.4 Å². The Kier molecular flexibility index (Phi) is 2.20. The van der Waals surface area contributed by atoms with Gasteiger partial charge in [-0.3, -0.25) is 4.98 Å². The maximum atomic E-state index is 11.2. The maximum Gasteiger partial charge on any atom is 0.419 e. The van der Waals surface area contributed by atoms with E-state index in [1.54, 1.807) is 0 Å². The van der Waals surface area contributed by atoms with Crippen LogP contribution in [0.5, 0.6) is 0 Å². The van der Waals surface area contributed by atoms with Crippen molar-refractivity contribution in [3.63, 3.8) is 0 Å². The number of benzene rings is 1. The van der Waals surface area contributed by atoms with Crippen molar-refractivity contribution in [1.29, 1.82) is 0 Å². The van der Waals surface area contributed by atoms with Crippen LogP contribution >= 0.6 is 27.5 Å². The maximum absolute atomic E-state index is 11.2. The van der Waals surface area contributed by atoms with Crippen molar-refractivity contribution in [2.45, 2.75) is 0 Å². The third-order valence-electron chi connectivity index (χ3n) is 1.70. The minimum atomic E-state index is -0.791. The van der Waals surface area contributed by atoms with Crippen LogP contribution < -0.4 is 11.4 Å². The number of aromatic amines is 1. The summed E-state index contributed by atoms with van der Waals surface area (Å²) in [7, 11) is 0. The Morgan fingerprint density at radius 3 is 2.79 bits per heavy atom. The van der Waals surface area contributed by atoms with Gasteiger partial charge < -0.3 is 4.42 Å². The van der Waals surface area contributed by atoms with Crippen LogP contribution in [0.15, 0.2) is 30.6 Å². The average molecular weight is 276 g/mol. The molecule has 0 unspecified atom stereocenters. The zero-order valence-electron chi connectivity index (χ0n) is 6.64. The first kappa shape index (κ1) is 9.48. The van der Waals surface area contributed by atoms with Crippen LogP contribution in [0.2, 0.25) is 5.02 Å². The Morgan fingerprint density at radius 2 is 2.07 bits per heavy atom. The van der Waals surface area contributed by atoms with Crippen molar-refractivity contribution in [3.05, 3.63) is 42.6 Å². The van der Waals surface area contributed by atoms with E-state index in [-0.39, 0.29) is 5.39 Å².